The van der Waals surface area contributed by atoms with Crippen LogP contribution >= 0.6 is 0 Å². The minimum atomic E-state index is -0.530. The van der Waals surface area contributed by atoms with Crippen LogP contribution in [0.15, 0.2) is 29.2 Å². The predicted molar refractivity (Wildman–Crippen MR) is 97.1 cm³/mol. The molecule has 0 atom stereocenters. The number of halogens is 1. The van der Waals surface area contributed by atoms with Crippen LogP contribution in [-0.4, -0.2) is 36.0 Å². The van der Waals surface area contributed by atoms with Gasteiger partial charge in [-0.1, -0.05) is 12.1 Å². The number of anilines is 1. The maximum absolute atomic E-state index is 14.3. The molecule has 1 heterocycles. The zero-order valence-corrected chi connectivity index (χ0v) is 14.5. The summed E-state index contributed by atoms with van der Waals surface area (Å²) in [5.74, 6) is -0.522. The molecule has 2 aromatic rings. The lowest BCUT2D eigenvalue weighted by Gasteiger charge is -2.21. The Morgan fingerprint density at radius 1 is 1.32 bits per heavy atom. The van der Waals surface area contributed by atoms with Crippen molar-refractivity contribution in [1.29, 1.82) is 0 Å². The Labute approximate surface area is 145 Å². The van der Waals surface area contributed by atoms with E-state index in [0.717, 1.165) is 13.1 Å². The van der Waals surface area contributed by atoms with Crippen LogP contribution in [0.2, 0.25) is 0 Å². The van der Waals surface area contributed by atoms with Gasteiger partial charge in [0.25, 0.3) is 11.5 Å². The topological polar surface area (TPSA) is 78.1 Å². The van der Waals surface area contributed by atoms with Crippen molar-refractivity contribution in [3.05, 3.63) is 57.5 Å². The fourth-order valence-electron chi connectivity index (χ4n) is 2.41. The highest BCUT2D eigenvalue weighted by atomic mass is 19.1. The number of carbonyl (C=O) groups excluding carboxylic acids is 1. The van der Waals surface area contributed by atoms with E-state index in [2.05, 4.69) is 15.3 Å². The Hall–Kier alpha value is -2.96. The second-order valence-electron chi connectivity index (χ2n) is 5.31. The molecule has 25 heavy (non-hydrogen) atoms. The average molecular weight is 344 g/mol. The summed E-state index contributed by atoms with van der Waals surface area (Å²) in [5.41, 5.74) is 0.612. The first-order chi connectivity index (χ1) is 12.0. The van der Waals surface area contributed by atoms with Gasteiger partial charge in [-0.15, -0.1) is 0 Å². The van der Waals surface area contributed by atoms with Gasteiger partial charge in [0.15, 0.2) is 0 Å². The Bertz CT molecular complexity index is 841. The van der Waals surface area contributed by atoms with Gasteiger partial charge < -0.3 is 15.2 Å². The van der Waals surface area contributed by atoms with Gasteiger partial charge in [0.2, 0.25) is 0 Å². The number of rotatable bonds is 6. The summed E-state index contributed by atoms with van der Waals surface area (Å²) in [6.45, 7) is 5.40. The van der Waals surface area contributed by atoms with Gasteiger partial charge in [0, 0.05) is 26.3 Å². The van der Waals surface area contributed by atoms with Crippen LogP contribution < -0.4 is 15.8 Å². The fourth-order valence-corrected chi connectivity index (χ4v) is 2.41. The summed E-state index contributed by atoms with van der Waals surface area (Å²) in [7, 11) is 1.44. The maximum Gasteiger partial charge on any atom is 0.263 e. The van der Waals surface area contributed by atoms with E-state index in [4.69, 9.17) is 0 Å². The number of benzene rings is 1. The molecule has 2 N–H and O–H groups in total. The van der Waals surface area contributed by atoms with E-state index in [9.17, 15) is 14.0 Å². The Morgan fingerprint density at radius 3 is 2.60 bits per heavy atom. The lowest BCUT2D eigenvalue weighted by atomic mass is 10.1. The molecule has 2 rings (SSSR count). The normalized spacial score (nSPS) is 10.9. The van der Waals surface area contributed by atoms with Crippen molar-refractivity contribution in [3.8, 4) is 0 Å². The third-order valence-electron chi connectivity index (χ3n) is 3.80. The highest BCUT2D eigenvalue weighted by Crippen LogP contribution is 2.21. The Kier molecular flexibility index (Phi) is 6.05. The van der Waals surface area contributed by atoms with Gasteiger partial charge in [-0.05, 0) is 37.6 Å². The smallest absolute Gasteiger partial charge is 0.263 e. The summed E-state index contributed by atoms with van der Waals surface area (Å²) >= 11 is 0. The summed E-state index contributed by atoms with van der Waals surface area (Å²) in [6.07, 6.45) is 4.41. The van der Waals surface area contributed by atoms with Gasteiger partial charge in [-0.2, -0.15) is 0 Å². The third-order valence-corrected chi connectivity index (χ3v) is 3.80. The predicted octanol–water partition coefficient (Wildman–Crippen LogP) is 2.29. The van der Waals surface area contributed by atoms with Crippen LogP contribution in [0.25, 0.3) is 12.2 Å². The van der Waals surface area contributed by atoms with Crippen LogP contribution in [0.1, 0.15) is 35.6 Å². The molecule has 0 unspecified atom stereocenters. The molecule has 0 bridgehead atoms. The molecular formula is C18H21FN4O2. The van der Waals surface area contributed by atoms with Crippen LogP contribution in [0.5, 0.6) is 0 Å². The van der Waals surface area contributed by atoms with Crippen molar-refractivity contribution < 1.29 is 9.18 Å². The van der Waals surface area contributed by atoms with Gasteiger partial charge in [-0.25, -0.2) is 9.37 Å². The van der Waals surface area contributed by atoms with Crippen LogP contribution in [0, 0.1) is 5.82 Å². The highest BCUT2D eigenvalue weighted by molar-refractivity contribution is 5.93. The largest absolute Gasteiger partial charge is 0.370 e. The summed E-state index contributed by atoms with van der Waals surface area (Å²) in [5, 5.41) is 2.37. The molecule has 0 spiro atoms. The molecule has 0 aliphatic rings. The summed E-state index contributed by atoms with van der Waals surface area (Å²) < 4.78 is 14.3. The number of nitrogens with zero attached hydrogens (tertiary/aromatic N) is 2. The average Bonchev–Trinajstić information content (AvgIpc) is 2.62. The van der Waals surface area contributed by atoms with Crippen molar-refractivity contribution >= 4 is 23.7 Å². The Balaban J connectivity index is 2.22. The molecule has 0 fully saturated rings. The minimum absolute atomic E-state index is 0.0609. The first kappa shape index (κ1) is 18.4. The molecule has 0 saturated carbocycles. The second kappa shape index (κ2) is 8.23. The molecule has 1 aromatic heterocycles. The Morgan fingerprint density at radius 2 is 2.04 bits per heavy atom. The third kappa shape index (κ3) is 4.32. The van der Waals surface area contributed by atoms with Gasteiger partial charge in [-0.3, -0.25) is 9.59 Å². The van der Waals surface area contributed by atoms with E-state index in [1.54, 1.807) is 24.3 Å². The monoisotopic (exact) mass is 344 g/mol. The van der Waals surface area contributed by atoms with E-state index in [1.165, 1.54) is 19.3 Å². The van der Waals surface area contributed by atoms with Crippen molar-refractivity contribution in [1.82, 2.24) is 15.3 Å². The van der Waals surface area contributed by atoms with E-state index in [-0.39, 0.29) is 17.2 Å². The lowest BCUT2D eigenvalue weighted by Crippen LogP contribution is -2.27. The molecule has 132 valence electrons. The lowest BCUT2D eigenvalue weighted by molar-refractivity contribution is 0.0961. The molecule has 0 saturated heterocycles. The van der Waals surface area contributed by atoms with Crippen molar-refractivity contribution in [3.63, 3.8) is 0 Å². The standard InChI is InChI=1S/C18H21FN4O2/c1-4-23(5-2)15-8-6-12(10-14(15)19)7-9-16-21-11-13(17(24)20-3)18(25)22-16/h6-11H,4-5H2,1-3H3,(H,20,24)(H,21,22,25)/b9-7+. The quantitative estimate of drug-likeness (QED) is 0.843. The second-order valence-corrected chi connectivity index (χ2v) is 5.31. The number of H-pyrrole nitrogens is 1. The molecule has 7 heteroatoms. The fraction of sp³-hybridized carbons (Fsp3) is 0.278. The molecule has 0 radical (unpaired) electrons. The number of nitrogens with one attached hydrogen (secondary N) is 2. The van der Waals surface area contributed by atoms with Crippen molar-refractivity contribution in [2.24, 2.45) is 0 Å². The SMILES string of the molecule is CCN(CC)c1ccc(/C=C/c2ncc(C(=O)NC)c(=O)[nH]2)cc1F. The van der Waals surface area contributed by atoms with Crippen LogP contribution in [-0.2, 0) is 0 Å². The number of aromatic amines is 1. The number of hydrogen-bond donors (Lipinski definition) is 2. The summed E-state index contributed by atoms with van der Waals surface area (Å²) in [4.78, 5) is 31.8. The van der Waals surface area contributed by atoms with E-state index in [0.29, 0.717) is 11.3 Å². The van der Waals surface area contributed by atoms with Crippen LogP contribution in [0.3, 0.4) is 0 Å². The molecule has 1 aromatic carbocycles. The molecule has 1 amide bonds. The maximum atomic E-state index is 14.3. The van der Waals surface area contributed by atoms with Gasteiger partial charge >= 0.3 is 0 Å². The number of carbonyl (C=O) groups is 1. The first-order valence-corrected chi connectivity index (χ1v) is 8.04. The number of aromatic nitrogens is 2. The minimum Gasteiger partial charge on any atom is -0.370 e. The zero-order valence-electron chi connectivity index (χ0n) is 14.5. The van der Waals surface area contributed by atoms with E-state index < -0.39 is 11.5 Å². The van der Waals surface area contributed by atoms with Crippen LogP contribution in [0.4, 0.5) is 10.1 Å². The molecular weight excluding hydrogens is 323 g/mol. The number of hydrogen-bond acceptors (Lipinski definition) is 4. The van der Waals surface area contributed by atoms with Gasteiger partial charge in [0.1, 0.15) is 17.2 Å². The number of amides is 1. The first-order valence-electron chi connectivity index (χ1n) is 8.04. The van der Waals surface area contributed by atoms with Crippen molar-refractivity contribution in [2.45, 2.75) is 13.8 Å². The van der Waals surface area contributed by atoms with E-state index in [1.807, 2.05) is 18.7 Å². The molecule has 0 aliphatic carbocycles. The van der Waals surface area contributed by atoms with Crippen molar-refractivity contribution in [2.75, 3.05) is 25.0 Å². The summed E-state index contributed by atoms with van der Waals surface area (Å²) in [6, 6.07) is 4.96. The molecule has 6 nitrogen and oxygen atoms in total. The zero-order chi connectivity index (χ0) is 18.4. The van der Waals surface area contributed by atoms with Gasteiger partial charge in [0.05, 0.1) is 5.69 Å². The highest BCUT2D eigenvalue weighted by Gasteiger charge is 2.10. The molecule has 0 aliphatic heterocycles. The van der Waals surface area contributed by atoms with E-state index >= 15 is 0 Å².